The van der Waals surface area contributed by atoms with Crippen LogP contribution in [0.5, 0.6) is 0 Å². The monoisotopic (exact) mass is 475 g/mol. The number of aliphatic imine (C=N–C) groups is 1. The van der Waals surface area contributed by atoms with E-state index in [0.29, 0.717) is 6.54 Å². The largest absolute Gasteiger partial charge is 0.357 e. The van der Waals surface area contributed by atoms with E-state index in [4.69, 9.17) is 4.99 Å². The smallest absolute Gasteiger partial charge is 0.191 e. The summed E-state index contributed by atoms with van der Waals surface area (Å²) in [5, 5.41) is 15.4. The first kappa shape index (κ1) is 21.4. The molecule has 1 atom stereocenters. The molecule has 0 aliphatic carbocycles. The Labute approximate surface area is 174 Å². The minimum absolute atomic E-state index is 0. The summed E-state index contributed by atoms with van der Waals surface area (Å²) >= 11 is 0. The van der Waals surface area contributed by atoms with Crippen LogP contribution >= 0.6 is 24.0 Å². The Morgan fingerprint density at radius 3 is 2.85 bits per heavy atom. The van der Waals surface area contributed by atoms with Crippen molar-refractivity contribution >= 4 is 29.9 Å². The number of nitrogens with one attached hydrogen (secondary N) is 2. The Bertz CT molecular complexity index is 572. The fraction of sp³-hybridized carbons (Fsp3) is 0.833. The summed E-state index contributed by atoms with van der Waals surface area (Å²) in [5.41, 5.74) is 0. The van der Waals surface area contributed by atoms with Crippen molar-refractivity contribution in [1.29, 1.82) is 0 Å². The number of likely N-dealkylation sites (tertiary alicyclic amines) is 1. The lowest BCUT2D eigenvalue weighted by atomic mass is 10.0. The van der Waals surface area contributed by atoms with Crippen molar-refractivity contribution in [2.75, 3.05) is 26.2 Å². The minimum atomic E-state index is 0. The normalized spacial score (nSPS) is 20.5. The van der Waals surface area contributed by atoms with Gasteiger partial charge in [0, 0.05) is 38.6 Å². The lowest BCUT2D eigenvalue weighted by Gasteiger charge is -2.35. The van der Waals surface area contributed by atoms with Gasteiger partial charge in [0.15, 0.2) is 11.8 Å². The number of fused-ring (bicyclic) bond motifs is 1. The van der Waals surface area contributed by atoms with Crippen LogP contribution in [0.15, 0.2) is 4.99 Å². The Kier molecular flexibility index (Phi) is 9.10. The van der Waals surface area contributed by atoms with Crippen LogP contribution in [0.25, 0.3) is 0 Å². The van der Waals surface area contributed by atoms with Gasteiger partial charge < -0.3 is 15.2 Å². The predicted octanol–water partition coefficient (Wildman–Crippen LogP) is 2.16. The molecule has 1 fully saturated rings. The van der Waals surface area contributed by atoms with Gasteiger partial charge in [0.1, 0.15) is 12.4 Å². The summed E-state index contributed by atoms with van der Waals surface area (Å²) < 4.78 is 2.21. The van der Waals surface area contributed by atoms with Crippen molar-refractivity contribution < 1.29 is 0 Å². The van der Waals surface area contributed by atoms with Crippen LogP contribution in [0.2, 0.25) is 0 Å². The van der Waals surface area contributed by atoms with E-state index in [2.05, 4.69) is 44.1 Å². The fourth-order valence-corrected chi connectivity index (χ4v) is 3.95. The van der Waals surface area contributed by atoms with Crippen molar-refractivity contribution in [2.45, 2.75) is 71.5 Å². The molecule has 1 saturated heterocycles. The van der Waals surface area contributed by atoms with Gasteiger partial charge in [-0.1, -0.05) is 13.3 Å². The second-order valence-electron chi connectivity index (χ2n) is 7.00. The molecule has 7 nitrogen and oxygen atoms in total. The molecule has 3 heterocycles. The molecule has 0 radical (unpaired) electrons. The molecule has 0 bridgehead atoms. The third-order valence-corrected chi connectivity index (χ3v) is 5.32. The average molecular weight is 475 g/mol. The van der Waals surface area contributed by atoms with Crippen molar-refractivity contribution in [3.8, 4) is 0 Å². The van der Waals surface area contributed by atoms with Gasteiger partial charge in [0.05, 0.1) is 0 Å². The van der Waals surface area contributed by atoms with Gasteiger partial charge >= 0.3 is 0 Å². The maximum absolute atomic E-state index is 4.71. The average Bonchev–Trinajstić information content (AvgIpc) is 3.24. The Balaban J connectivity index is 0.00000243. The molecule has 0 spiro atoms. The summed E-state index contributed by atoms with van der Waals surface area (Å²) in [4.78, 5) is 7.34. The van der Waals surface area contributed by atoms with Crippen LogP contribution < -0.4 is 10.6 Å². The van der Waals surface area contributed by atoms with Crippen LogP contribution in [0.1, 0.15) is 57.6 Å². The topological polar surface area (TPSA) is 70.4 Å². The molecule has 2 N–H and O–H groups in total. The summed E-state index contributed by atoms with van der Waals surface area (Å²) in [7, 11) is 0. The highest BCUT2D eigenvalue weighted by atomic mass is 127. The highest BCUT2D eigenvalue weighted by Crippen LogP contribution is 2.18. The van der Waals surface area contributed by atoms with Crippen LogP contribution in [-0.4, -0.2) is 57.8 Å². The van der Waals surface area contributed by atoms with E-state index in [0.717, 1.165) is 56.3 Å². The first-order valence-electron chi connectivity index (χ1n) is 9.99. The molecule has 2 aliphatic rings. The molecule has 0 aromatic carbocycles. The van der Waals surface area contributed by atoms with Crippen molar-refractivity contribution in [3.63, 3.8) is 0 Å². The lowest BCUT2D eigenvalue weighted by Crippen LogP contribution is -2.45. The van der Waals surface area contributed by atoms with Crippen LogP contribution in [0, 0.1) is 0 Å². The van der Waals surface area contributed by atoms with E-state index < -0.39 is 0 Å². The van der Waals surface area contributed by atoms with Crippen LogP contribution in [-0.2, 0) is 19.5 Å². The number of nitrogens with zero attached hydrogens (tertiary/aromatic N) is 5. The van der Waals surface area contributed by atoms with Crippen LogP contribution in [0.3, 0.4) is 0 Å². The summed E-state index contributed by atoms with van der Waals surface area (Å²) in [6.07, 6.45) is 7.55. The molecule has 148 valence electrons. The Morgan fingerprint density at radius 2 is 2.04 bits per heavy atom. The highest BCUT2D eigenvalue weighted by Gasteiger charge is 2.20. The van der Waals surface area contributed by atoms with E-state index in [1.807, 2.05) is 0 Å². The van der Waals surface area contributed by atoms with Crippen molar-refractivity contribution in [1.82, 2.24) is 30.3 Å². The zero-order valence-electron chi connectivity index (χ0n) is 16.2. The molecule has 0 saturated carbocycles. The molecular weight excluding hydrogens is 441 g/mol. The van der Waals surface area contributed by atoms with Gasteiger partial charge in [0.2, 0.25) is 0 Å². The SMILES string of the molecule is CCNC(=NCc1nnc2n1CCC2)NCCN1CCCCC1CC.I. The molecule has 1 aromatic rings. The summed E-state index contributed by atoms with van der Waals surface area (Å²) in [6.45, 7) is 10.1. The number of aromatic nitrogens is 3. The van der Waals surface area contributed by atoms with Crippen molar-refractivity contribution in [3.05, 3.63) is 11.6 Å². The number of guanidine groups is 1. The minimum Gasteiger partial charge on any atom is -0.357 e. The van der Waals surface area contributed by atoms with Gasteiger partial charge in [-0.25, -0.2) is 4.99 Å². The Morgan fingerprint density at radius 1 is 1.15 bits per heavy atom. The van der Waals surface area contributed by atoms with Gasteiger partial charge in [-0.05, 0) is 39.2 Å². The third-order valence-electron chi connectivity index (χ3n) is 5.32. The molecule has 1 aromatic heterocycles. The maximum atomic E-state index is 4.71. The van der Waals surface area contributed by atoms with Gasteiger partial charge in [-0.15, -0.1) is 34.2 Å². The van der Waals surface area contributed by atoms with Gasteiger partial charge in [-0.3, -0.25) is 4.90 Å². The predicted molar refractivity (Wildman–Crippen MR) is 116 cm³/mol. The molecule has 3 rings (SSSR count). The second-order valence-corrected chi connectivity index (χ2v) is 7.00. The molecule has 2 aliphatic heterocycles. The number of aryl methyl sites for hydroxylation is 1. The van der Waals surface area contributed by atoms with E-state index in [1.54, 1.807) is 0 Å². The first-order valence-corrected chi connectivity index (χ1v) is 9.99. The summed E-state index contributed by atoms with van der Waals surface area (Å²) in [5.74, 6) is 2.97. The molecule has 0 amide bonds. The summed E-state index contributed by atoms with van der Waals surface area (Å²) in [6, 6.07) is 0.758. The number of piperidine rings is 1. The first-order chi connectivity index (χ1) is 12.3. The van der Waals surface area contributed by atoms with E-state index in [1.165, 1.54) is 38.6 Å². The third kappa shape index (κ3) is 5.55. The van der Waals surface area contributed by atoms with Crippen molar-refractivity contribution in [2.24, 2.45) is 4.99 Å². The number of hydrogen-bond donors (Lipinski definition) is 2. The quantitative estimate of drug-likeness (QED) is 0.360. The van der Waals surface area contributed by atoms with Gasteiger partial charge in [-0.2, -0.15) is 0 Å². The number of rotatable bonds is 7. The molecule has 8 heteroatoms. The standard InChI is InChI=1S/C18H33N7.HI/c1-3-15-8-5-6-11-24(15)13-10-20-18(19-4-2)21-14-17-23-22-16-9-7-12-25(16)17;/h15H,3-14H2,1-2H3,(H2,19,20,21);1H. The fourth-order valence-electron chi connectivity index (χ4n) is 3.95. The highest BCUT2D eigenvalue weighted by molar-refractivity contribution is 14.0. The molecule has 1 unspecified atom stereocenters. The van der Waals surface area contributed by atoms with E-state index in [9.17, 15) is 0 Å². The zero-order valence-corrected chi connectivity index (χ0v) is 18.5. The zero-order chi connectivity index (χ0) is 17.5. The van der Waals surface area contributed by atoms with E-state index >= 15 is 0 Å². The maximum Gasteiger partial charge on any atom is 0.191 e. The number of hydrogen-bond acceptors (Lipinski definition) is 4. The number of halogens is 1. The lowest BCUT2D eigenvalue weighted by molar-refractivity contribution is 0.147. The van der Waals surface area contributed by atoms with Gasteiger partial charge in [0.25, 0.3) is 0 Å². The Hall–Kier alpha value is -0.900. The van der Waals surface area contributed by atoms with E-state index in [-0.39, 0.29) is 24.0 Å². The van der Waals surface area contributed by atoms with Crippen LogP contribution in [0.4, 0.5) is 0 Å². The second kappa shape index (κ2) is 11.1. The molecular formula is C18H34IN7. The molecule has 26 heavy (non-hydrogen) atoms.